The van der Waals surface area contributed by atoms with Gasteiger partial charge in [0.05, 0.1) is 11.6 Å². The summed E-state index contributed by atoms with van der Waals surface area (Å²) in [5, 5.41) is 8.74. The van der Waals surface area contributed by atoms with E-state index in [-0.39, 0.29) is 0 Å². The third-order valence-electron chi connectivity index (χ3n) is 3.56. The minimum atomic E-state index is 0.546. The number of nitriles is 1. The lowest BCUT2D eigenvalue weighted by Gasteiger charge is -2.08. The monoisotopic (exact) mass is 249 g/mol. The van der Waals surface area contributed by atoms with Crippen molar-refractivity contribution in [2.75, 3.05) is 0 Å². The van der Waals surface area contributed by atoms with Crippen molar-refractivity contribution in [3.05, 3.63) is 64.7 Å². The average molecular weight is 249 g/mol. The number of aryl methyl sites for hydroxylation is 2. The van der Waals surface area contributed by atoms with Gasteiger partial charge in [-0.2, -0.15) is 5.26 Å². The summed E-state index contributed by atoms with van der Waals surface area (Å²) < 4.78 is 5.81. The van der Waals surface area contributed by atoms with Crippen molar-refractivity contribution in [1.82, 2.24) is 0 Å². The van der Waals surface area contributed by atoms with Crippen molar-refractivity contribution < 1.29 is 4.74 Å². The van der Waals surface area contributed by atoms with Gasteiger partial charge < -0.3 is 4.74 Å². The van der Waals surface area contributed by atoms with E-state index in [1.165, 1.54) is 30.4 Å². The first kappa shape index (κ1) is 11.8. The molecule has 94 valence electrons. The van der Waals surface area contributed by atoms with Gasteiger partial charge in [-0.25, -0.2) is 0 Å². The summed E-state index contributed by atoms with van der Waals surface area (Å²) >= 11 is 0. The molecule has 19 heavy (non-hydrogen) atoms. The van der Waals surface area contributed by atoms with Gasteiger partial charge in [-0.15, -0.1) is 0 Å². The molecule has 0 N–H and O–H groups in total. The second-order valence-electron chi connectivity index (χ2n) is 4.88. The predicted octanol–water partition coefficient (Wildman–Crippen LogP) is 3.63. The summed E-state index contributed by atoms with van der Waals surface area (Å²) in [5.41, 5.74) is 4.66. The maximum Gasteiger partial charge on any atom is 0.120 e. The van der Waals surface area contributed by atoms with E-state index in [0.29, 0.717) is 12.2 Å². The normalized spacial score (nSPS) is 12.8. The van der Waals surface area contributed by atoms with Crippen molar-refractivity contribution in [2.45, 2.75) is 25.9 Å². The van der Waals surface area contributed by atoms with Crippen LogP contribution in [0, 0.1) is 11.3 Å². The highest BCUT2D eigenvalue weighted by Crippen LogP contribution is 2.26. The minimum Gasteiger partial charge on any atom is -0.489 e. The van der Waals surface area contributed by atoms with Gasteiger partial charge in [0.25, 0.3) is 0 Å². The van der Waals surface area contributed by atoms with E-state index in [1.807, 2.05) is 30.3 Å². The standard InChI is InChI=1S/C17H15NO/c18-11-13-4-6-14(7-5-13)12-19-17-9-8-15-2-1-3-16(15)10-17/h4-10H,1-3,12H2. The molecule has 0 saturated heterocycles. The lowest BCUT2D eigenvalue weighted by molar-refractivity contribution is 0.306. The third kappa shape index (κ3) is 2.61. The number of benzene rings is 2. The zero-order chi connectivity index (χ0) is 13.1. The summed E-state index contributed by atoms with van der Waals surface area (Å²) in [6, 6.07) is 16.0. The van der Waals surface area contributed by atoms with Crippen molar-refractivity contribution in [3.8, 4) is 11.8 Å². The molecule has 0 atom stereocenters. The van der Waals surface area contributed by atoms with Crippen LogP contribution in [0.1, 0.15) is 28.7 Å². The molecule has 0 radical (unpaired) electrons. The van der Waals surface area contributed by atoms with Crippen LogP contribution in [-0.2, 0) is 19.4 Å². The Balaban J connectivity index is 1.67. The van der Waals surface area contributed by atoms with Crippen molar-refractivity contribution in [1.29, 1.82) is 5.26 Å². The number of nitrogens with zero attached hydrogens (tertiary/aromatic N) is 1. The molecular weight excluding hydrogens is 234 g/mol. The highest BCUT2D eigenvalue weighted by Gasteiger charge is 2.11. The summed E-state index contributed by atoms with van der Waals surface area (Å²) in [5.74, 6) is 0.935. The molecule has 0 saturated carbocycles. The van der Waals surface area contributed by atoms with Gasteiger partial charge in [-0.3, -0.25) is 0 Å². The highest BCUT2D eigenvalue weighted by molar-refractivity contribution is 5.38. The Labute approximate surface area is 113 Å². The van der Waals surface area contributed by atoms with Crippen molar-refractivity contribution in [3.63, 3.8) is 0 Å². The molecule has 0 unspecified atom stereocenters. The molecule has 0 bridgehead atoms. The molecule has 0 fully saturated rings. The second-order valence-corrected chi connectivity index (χ2v) is 4.88. The van der Waals surface area contributed by atoms with E-state index in [9.17, 15) is 0 Å². The fraction of sp³-hybridized carbons (Fsp3) is 0.235. The lowest BCUT2D eigenvalue weighted by atomic mass is 10.1. The van der Waals surface area contributed by atoms with Crippen LogP contribution < -0.4 is 4.74 Å². The van der Waals surface area contributed by atoms with Gasteiger partial charge in [0, 0.05) is 0 Å². The van der Waals surface area contributed by atoms with E-state index in [0.717, 1.165) is 11.3 Å². The molecule has 0 aromatic heterocycles. The van der Waals surface area contributed by atoms with Gasteiger partial charge in [0.2, 0.25) is 0 Å². The van der Waals surface area contributed by atoms with Crippen LogP contribution in [0.3, 0.4) is 0 Å². The van der Waals surface area contributed by atoms with Crippen LogP contribution in [0.5, 0.6) is 5.75 Å². The molecule has 0 spiro atoms. The third-order valence-corrected chi connectivity index (χ3v) is 3.56. The smallest absolute Gasteiger partial charge is 0.120 e. The van der Waals surface area contributed by atoms with E-state index in [4.69, 9.17) is 10.00 Å². The van der Waals surface area contributed by atoms with E-state index in [1.54, 1.807) is 0 Å². The zero-order valence-corrected chi connectivity index (χ0v) is 10.7. The van der Waals surface area contributed by atoms with Crippen LogP contribution in [0.15, 0.2) is 42.5 Å². The lowest BCUT2D eigenvalue weighted by Crippen LogP contribution is -1.96. The molecule has 3 rings (SSSR count). The molecule has 0 amide bonds. The van der Waals surface area contributed by atoms with Gasteiger partial charge in [-0.05, 0) is 60.2 Å². The Hall–Kier alpha value is -2.27. The topological polar surface area (TPSA) is 33.0 Å². The maximum atomic E-state index is 8.74. The molecule has 1 aliphatic carbocycles. The largest absolute Gasteiger partial charge is 0.489 e. The minimum absolute atomic E-state index is 0.546. The van der Waals surface area contributed by atoms with Crippen LogP contribution in [-0.4, -0.2) is 0 Å². The van der Waals surface area contributed by atoms with Crippen molar-refractivity contribution >= 4 is 0 Å². The highest BCUT2D eigenvalue weighted by atomic mass is 16.5. The van der Waals surface area contributed by atoms with E-state index in [2.05, 4.69) is 18.2 Å². The molecule has 2 aromatic carbocycles. The van der Waals surface area contributed by atoms with Gasteiger partial charge in [-0.1, -0.05) is 18.2 Å². The molecule has 0 aliphatic heterocycles. The Kier molecular flexibility index (Phi) is 3.20. The summed E-state index contributed by atoms with van der Waals surface area (Å²) in [7, 11) is 0. The number of hydrogen-bond donors (Lipinski definition) is 0. The predicted molar refractivity (Wildman–Crippen MR) is 74.0 cm³/mol. The van der Waals surface area contributed by atoms with E-state index < -0.39 is 0 Å². The quantitative estimate of drug-likeness (QED) is 0.832. The average Bonchev–Trinajstić information content (AvgIpc) is 2.93. The van der Waals surface area contributed by atoms with Gasteiger partial charge in [0.1, 0.15) is 12.4 Å². The molecule has 2 nitrogen and oxygen atoms in total. The van der Waals surface area contributed by atoms with Crippen molar-refractivity contribution in [2.24, 2.45) is 0 Å². The number of fused-ring (bicyclic) bond motifs is 1. The van der Waals surface area contributed by atoms with Crippen LogP contribution in [0.2, 0.25) is 0 Å². The fourth-order valence-electron chi connectivity index (χ4n) is 2.48. The van der Waals surface area contributed by atoms with Gasteiger partial charge >= 0.3 is 0 Å². The van der Waals surface area contributed by atoms with Gasteiger partial charge in [0.15, 0.2) is 0 Å². The Morgan fingerprint density at radius 2 is 1.79 bits per heavy atom. The Bertz CT molecular complexity index is 623. The van der Waals surface area contributed by atoms with E-state index >= 15 is 0 Å². The maximum absolute atomic E-state index is 8.74. The van der Waals surface area contributed by atoms with Crippen LogP contribution in [0.4, 0.5) is 0 Å². The zero-order valence-electron chi connectivity index (χ0n) is 10.7. The first-order valence-electron chi connectivity index (χ1n) is 6.59. The summed E-state index contributed by atoms with van der Waals surface area (Å²) in [6.45, 7) is 0.546. The Morgan fingerprint density at radius 1 is 1.00 bits per heavy atom. The number of ether oxygens (including phenoxy) is 1. The first-order chi connectivity index (χ1) is 9.35. The van der Waals surface area contributed by atoms with Crippen LogP contribution in [0.25, 0.3) is 0 Å². The molecule has 2 heteroatoms. The van der Waals surface area contributed by atoms with Crippen LogP contribution >= 0.6 is 0 Å². The molecular formula is C17H15NO. The summed E-state index contributed by atoms with van der Waals surface area (Å²) in [6.07, 6.45) is 3.63. The second kappa shape index (κ2) is 5.16. The Morgan fingerprint density at radius 3 is 2.58 bits per heavy atom. The molecule has 2 aromatic rings. The summed E-state index contributed by atoms with van der Waals surface area (Å²) in [4.78, 5) is 0. The number of rotatable bonds is 3. The fourth-order valence-corrected chi connectivity index (χ4v) is 2.48. The molecule has 1 aliphatic rings. The number of hydrogen-bond acceptors (Lipinski definition) is 2. The first-order valence-corrected chi connectivity index (χ1v) is 6.59. The molecule has 0 heterocycles. The SMILES string of the molecule is N#Cc1ccc(COc2ccc3c(c2)CCC3)cc1.